The molecule has 0 bridgehead atoms. The molecule has 2 heterocycles. The molecule has 0 radical (unpaired) electrons. The average Bonchev–Trinajstić information content (AvgIpc) is 2.77. The van der Waals surface area contributed by atoms with E-state index in [1.165, 1.54) is 0 Å². The van der Waals surface area contributed by atoms with Crippen molar-refractivity contribution in [2.45, 2.75) is 6.54 Å². The number of hydrogen-bond acceptors (Lipinski definition) is 5. The van der Waals surface area contributed by atoms with Gasteiger partial charge in [0.1, 0.15) is 17.1 Å². The fourth-order valence-electron chi connectivity index (χ4n) is 2.89. The summed E-state index contributed by atoms with van der Waals surface area (Å²) in [6.07, 6.45) is 0.786. The van der Waals surface area contributed by atoms with Gasteiger partial charge in [0.2, 0.25) is 6.41 Å². The molecule has 1 aliphatic heterocycles. The minimum absolute atomic E-state index is 0.186. The first kappa shape index (κ1) is 19.3. The molecule has 3 rings (SSSR count). The number of rotatable bonds is 6. The molecule has 1 N–H and O–H groups in total. The molecule has 2 aromatic rings. The van der Waals surface area contributed by atoms with Crippen LogP contribution in [0.1, 0.15) is 26.5 Å². The molecule has 0 saturated carbocycles. The molecule has 0 unspecified atom stereocenters. The number of ether oxygens (including phenoxy) is 1. The van der Waals surface area contributed by atoms with E-state index in [1.54, 1.807) is 35.1 Å². The van der Waals surface area contributed by atoms with Gasteiger partial charge in [-0.2, -0.15) is 0 Å². The maximum absolute atomic E-state index is 12.6. The Hall–Kier alpha value is -3.42. The summed E-state index contributed by atoms with van der Waals surface area (Å²) in [6.45, 7) is 2.24. The lowest BCUT2D eigenvalue weighted by atomic mass is 10.2. The van der Waals surface area contributed by atoms with Gasteiger partial charge in [0, 0.05) is 32.7 Å². The van der Waals surface area contributed by atoms with Crippen molar-refractivity contribution in [2.24, 2.45) is 0 Å². The van der Waals surface area contributed by atoms with Gasteiger partial charge in [-0.05, 0) is 29.8 Å². The second-order valence-corrected chi connectivity index (χ2v) is 6.37. The normalized spacial score (nSPS) is 13.8. The fraction of sp³-hybridized carbons (Fsp3) is 0.300. The number of methoxy groups -OCH3 is 1. The Bertz CT molecular complexity index is 846. The van der Waals surface area contributed by atoms with Crippen molar-refractivity contribution in [3.8, 4) is 5.75 Å². The molecular formula is C20H22N4O4. The van der Waals surface area contributed by atoms with Gasteiger partial charge >= 0.3 is 0 Å². The summed E-state index contributed by atoms with van der Waals surface area (Å²) in [6, 6.07) is 12.2. The van der Waals surface area contributed by atoms with Crippen LogP contribution in [0.2, 0.25) is 0 Å². The topological polar surface area (TPSA) is 91.8 Å². The highest BCUT2D eigenvalue weighted by Crippen LogP contribution is 2.11. The summed E-state index contributed by atoms with van der Waals surface area (Å²) in [5.74, 6) is 0.156. The predicted molar refractivity (Wildman–Crippen MR) is 102 cm³/mol. The molecule has 1 aliphatic rings. The third-order valence-corrected chi connectivity index (χ3v) is 4.56. The fourth-order valence-corrected chi connectivity index (χ4v) is 2.89. The second kappa shape index (κ2) is 8.98. The summed E-state index contributed by atoms with van der Waals surface area (Å²) in [4.78, 5) is 43.3. The molecule has 0 spiro atoms. The largest absolute Gasteiger partial charge is 0.497 e. The predicted octanol–water partition coefficient (Wildman–Crippen LogP) is 0.934. The van der Waals surface area contributed by atoms with Crippen molar-refractivity contribution in [1.82, 2.24) is 20.1 Å². The second-order valence-electron chi connectivity index (χ2n) is 6.37. The lowest BCUT2D eigenvalue weighted by Crippen LogP contribution is -2.48. The van der Waals surface area contributed by atoms with Crippen LogP contribution < -0.4 is 10.1 Å². The Labute approximate surface area is 163 Å². The van der Waals surface area contributed by atoms with Crippen LogP contribution in [0.3, 0.4) is 0 Å². The van der Waals surface area contributed by atoms with Crippen molar-refractivity contribution >= 4 is 18.2 Å². The minimum Gasteiger partial charge on any atom is -0.497 e. The molecule has 0 atom stereocenters. The number of benzene rings is 1. The lowest BCUT2D eigenvalue weighted by Gasteiger charge is -2.32. The highest BCUT2D eigenvalue weighted by Gasteiger charge is 2.23. The third kappa shape index (κ3) is 4.64. The van der Waals surface area contributed by atoms with Gasteiger partial charge in [0.25, 0.3) is 11.8 Å². The molecule has 146 valence electrons. The molecule has 3 amide bonds. The van der Waals surface area contributed by atoms with Crippen LogP contribution in [0.4, 0.5) is 0 Å². The molecular weight excluding hydrogens is 360 g/mol. The SMILES string of the molecule is COc1ccc(CNC(=O)c2cccc(C(=O)N3CCN(C=O)CC3)n2)cc1. The van der Waals surface area contributed by atoms with Crippen molar-refractivity contribution in [3.63, 3.8) is 0 Å². The van der Waals surface area contributed by atoms with Gasteiger partial charge in [-0.3, -0.25) is 14.4 Å². The van der Waals surface area contributed by atoms with E-state index in [0.29, 0.717) is 32.7 Å². The van der Waals surface area contributed by atoms with E-state index in [0.717, 1.165) is 17.7 Å². The van der Waals surface area contributed by atoms with Crippen LogP contribution in [0.5, 0.6) is 5.75 Å². The summed E-state index contributed by atoms with van der Waals surface area (Å²) >= 11 is 0. The quantitative estimate of drug-likeness (QED) is 0.751. The summed E-state index contributed by atoms with van der Waals surface area (Å²) < 4.78 is 5.11. The Balaban J connectivity index is 1.60. The van der Waals surface area contributed by atoms with Gasteiger partial charge in [-0.15, -0.1) is 0 Å². The minimum atomic E-state index is -0.351. The lowest BCUT2D eigenvalue weighted by molar-refractivity contribution is -0.119. The number of aromatic nitrogens is 1. The Morgan fingerprint density at radius 2 is 1.75 bits per heavy atom. The maximum atomic E-state index is 12.6. The zero-order valence-corrected chi connectivity index (χ0v) is 15.6. The first-order chi connectivity index (χ1) is 13.6. The Kier molecular flexibility index (Phi) is 6.21. The van der Waals surface area contributed by atoms with Crippen LogP contribution in [0.15, 0.2) is 42.5 Å². The first-order valence-electron chi connectivity index (χ1n) is 8.97. The van der Waals surface area contributed by atoms with Crippen LogP contribution in [-0.2, 0) is 11.3 Å². The van der Waals surface area contributed by atoms with Crippen LogP contribution in [0, 0.1) is 0 Å². The summed E-state index contributed by atoms with van der Waals surface area (Å²) in [7, 11) is 1.60. The number of hydrogen-bond donors (Lipinski definition) is 1. The van der Waals surface area contributed by atoms with Gasteiger partial charge < -0.3 is 19.9 Å². The molecule has 0 aliphatic carbocycles. The summed E-state index contributed by atoms with van der Waals surface area (Å²) in [5.41, 5.74) is 1.33. The van der Waals surface area contributed by atoms with Crippen LogP contribution in [-0.4, -0.2) is 66.3 Å². The molecule has 1 aromatic heterocycles. The smallest absolute Gasteiger partial charge is 0.272 e. The van der Waals surface area contributed by atoms with Gasteiger partial charge in [-0.25, -0.2) is 4.98 Å². The summed E-state index contributed by atoms with van der Waals surface area (Å²) in [5, 5.41) is 2.80. The van der Waals surface area contributed by atoms with E-state index in [1.807, 2.05) is 24.3 Å². The van der Waals surface area contributed by atoms with E-state index >= 15 is 0 Å². The van der Waals surface area contributed by atoms with Crippen molar-refractivity contribution in [2.75, 3.05) is 33.3 Å². The van der Waals surface area contributed by atoms with Gasteiger partial charge in [0.15, 0.2) is 0 Å². The van der Waals surface area contributed by atoms with Crippen molar-refractivity contribution in [1.29, 1.82) is 0 Å². The molecule has 1 saturated heterocycles. The molecule has 1 fully saturated rings. The molecule has 8 nitrogen and oxygen atoms in total. The van der Waals surface area contributed by atoms with Gasteiger partial charge in [0.05, 0.1) is 7.11 Å². The van der Waals surface area contributed by atoms with E-state index in [-0.39, 0.29) is 23.2 Å². The van der Waals surface area contributed by atoms with Gasteiger partial charge in [-0.1, -0.05) is 18.2 Å². The average molecular weight is 382 g/mol. The van der Waals surface area contributed by atoms with E-state index < -0.39 is 0 Å². The van der Waals surface area contributed by atoms with Crippen LogP contribution >= 0.6 is 0 Å². The molecule has 8 heteroatoms. The Morgan fingerprint density at radius 1 is 1.07 bits per heavy atom. The molecule has 28 heavy (non-hydrogen) atoms. The zero-order valence-electron chi connectivity index (χ0n) is 15.6. The highest BCUT2D eigenvalue weighted by atomic mass is 16.5. The number of carbonyl (C=O) groups excluding carboxylic acids is 3. The van der Waals surface area contributed by atoms with Crippen LogP contribution in [0.25, 0.3) is 0 Å². The molecule has 1 aromatic carbocycles. The number of carbonyl (C=O) groups is 3. The number of nitrogens with zero attached hydrogens (tertiary/aromatic N) is 3. The van der Waals surface area contributed by atoms with Crippen molar-refractivity contribution < 1.29 is 19.1 Å². The van der Waals surface area contributed by atoms with E-state index in [4.69, 9.17) is 4.74 Å². The van der Waals surface area contributed by atoms with E-state index in [9.17, 15) is 14.4 Å². The van der Waals surface area contributed by atoms with Crippen molar-refractivity contribution in [3.05, 3.63) is 59.4 Å². The number of pyridine rings is 1. The number of amides is 3. The standard InChI is InChI=1S/C20H22N4O4/c1-28-16-7-5-15(6-8-16)13-21-19(26)17-3-2-4-18(22-17)20(27)24-11-9-23(14-25)10-12-24/h2-8,14H,9-13H2,1H3,(H,21,26). The monoisotopic (exact) mass is 382 g/mol. The zero-order chi connectivity index (χ0) is 19.9. The Morgan fingerprint density at radius 3 is 2.39 bits per heavy atom. The number of piperazine rings is 1. The van der Waals surface area contributed by atoms with E-state index in [2.05, 4.69) is 10.3 Å². The number of nitrogens with one attached hydrogen (secondary N) is 1. The highest BCUT2D eigenvalue weighted by molar-refractivity contribution is 5.96. The third-order valence-electron chi connectivity index (χ3n) is 4.56. The first-order valence-corrected chi connectivity index (χ1v) is 8.97. The maximum Gasteiger partial charge on any atom is 0.272 e.